The SMILES string of the molecule is COc1ccc(CNC(=O)[C@@H](c2ccco2)N(C(=O)Cc2cccs2)c2cccc(C)c2)cc1. The zero-order valence-electron chi connectivity index (χ0n) is 19.1. The van der Waals surface area contributed by atoms with E-state index in [2.05, 4.69) is 5.32 Å². The number of ether oxygens (including phenoxy) is 1. The van der Waals surface area contributed by atoms with Gasteiger partial charge in [-0.25, -0.2) is 0 Å². The summed E-state index contributed by atoms with van der Waals surface area (Å²) >= 11 is 1.51. The maximum Gasteiger partial charge on any atom is 0.251 e. The van der Waals surface area contributed by atoms with Crippen LogP contribution in [0.3, 0.4) is 0 Å². The Kier molecular flexibility index (Phi) is 7.44. The van der Waals surface area contributed by atoms with Gasteiger partial charge in [0, 0.05) is 17.1 Å². The van der Waals surface area contributed by atoms with Crippen LogP contribution in [-0.4, -0.2) is 18.9 Å². The first kappa shape index (κ1) is 23.3. The molecular formula is C27H26N2O4S. The monoisotopic (exact) mass is 474 g/mol. The van der Waals surface area contributed by atoms with Crippen molar-refractivity contribution in [3.63, 3.8) is 0 Å². The maximum atomic E-state index is 13.6. The van der Waals surface area contributed by atoms with Gasteiger partial charge in [0.1, 0.15) is 11.5 Å². The van der Waals surface area contributed by atoms with Gasteiger partial charge in [-0.05, 0) is 65.9 Å². The molecule has 7 heteroatoms. The van der Waals surface area contributed by atoms with Gasteiger partial charge in [0.25, 0.3) is 5.91 Å². The molecule has 0 spiro atoms. The molecule has 0 bridgehead atoms. The number of nitrogens with zero attached hydrogens (tertiary/aromatic N) is 1. The molecule has 2 aromatic carbocycles. The Morgan fingerprint density at radius 2 is 1.88 bits per heavy atom. The number of amides is 2. The zero-order valence-corrected chi connectivity index (χ0v) is 19.9. The summed E-state index contributed by atoms with van der Waals surface area (Å²) in [6.45, 7) is 2.26. The van der Waals surface area contributed by atoms with Crippen molar-refractivity contribution in [2.75, 3.05) is 12.0 Å². The molecule has 0 aliphatic carbocycles. The molecule has 4 aromatic rings. The number of hydrogen-bond acceptors (Lipinski definition) is 5. The molecule has 4 rings (SSSR count). The Labute approximate surface area is 202 Å². The molecule has 1 N–H and O–H groups in total. The van der Waals surface area contributed by atoms with Crippen LogP contribution in [0, 0.1) is 6.92 Å². The fourth-order valence-corrected chi connectivity index (χ4v) is 4.41. The zero-order chi connectivity index (χ0) is 23.9. The number of methoxy groups -OCH3 is 1. The van der Waals surface area contributed by atoms with E-state index in [-0.39, 0.29) is 18.2 Å². The highest BCUT2D eigenvalue weighted by Crippen LogP contribution is 2.30. The summed E-state index contributed by atoms with van der Waals surface area (Å²) in [4.78, 5) is 29.6. The second kappa shape index (κ2) is 10.9. The summed E-state index contributed by atoms with van der Waals surface area (Å²) in [5.41, 5.74) is 2.55. The Hall–Kier alpha value is -3.84. The first-order valence-electron chi connectivity index (χ1n) is 10.9. The highest BCUT2D eigenvalue weighted by atomic mass is 32.1. The Bertz CT molecular complexity index is 1220. The van der Waals surface area contributed by atoms with Crippen LogP contribution in [0.25, 0.3) is 0 Å². The minimum absolute atomic E-state index is 0.186. The Morgan fingerprint density at radius 3 is 2.53 bits per heavy atom. The number of nitrogens with one attached hydrogen (secondary N) is 1. The number of furan rings is 1. The van der Waals surface area contributed by atoms with Crippen LogP contribution in [0.4, 0.5) is 5.69 Å². The van der Waals surface area contributed by atoms with E-state index in [0.29, 0.717) is 18.0 Å². The number of aryl methyl sites for hydroxylation is 1. The lowest BCUT2D eigenvalue weighted by Gasteiger charge is -2.30. The van der Waals surface area contributed by atoms with Gasteiger partial charge in [-0.15, -0.1) is 11.3 Å². The van der Waals surface area contributed by atoms with E-state index in [0.717, 1.165) is 21.8 Å². The standard InChI is InChI=1S/C27H26N2O4S/c1-19-6-3-7-21(16-19)29(25(30)17-23-8-5-15-34-23)26(24-9-4-14-33-24)27(31)28-18-20-10-12-22(32-2)13-11-20/h3-16,26H,17-18H2,1-2H3,(H,28,31)/t26-/m1/s1. The van der Waals surface area contributed by atoms with Gasteiger partial charge in [0.15, 0.2) is 6.04 Å². The fraction of sp³-hybridized carbons (Fsp3) is 0.185. The number of hydrogen-bond donors (Lipinski definition) is 1. The molecule has 0 fully saturated rings. The van der Waals surface area contributed by atoms with Crippen LogP contribution in [0.5, 0.6) is 5.75 Å². The first-order chi connectivity index (χ1) is 16.5. The molecule has 0 aliphatic rings. The molecule has 34 heavy (non-hydrogen) atoms. The lowest BCUT2D eigenvalue weighted by molar-refractivity contribution is -0.127. The fourth-order valence-electron chi connectivity index (χ4n) is 3.71. The van der Waals surface area contributed by atoms with Crippen molar-refractivity contribution in [3.8, 4) is 5.75 Å². The van der Waals surface area contributed by atoms with Gasteiger partial charge in [-0.1, -0.05) is 30.3 Å². The number of rotatable bonds is 9. The van der Waals surface area contributed by atoms with E-state index in [4.69, 9.17) is 9.15 Å². The predicted molar refractivity (Wildman–Crippen MR) is 133 cm³/mol. The second-order valence-electron chi connectivity index (χ2n) is 7.84. The largest absolute Gasteiger partial charge is 0.497 e. The van der Waals surface area contributed by atoms with E-state index < -0.39 is 6.04 Å². The van der Waals surface area contributed by atoms with Gasteiger partial charge in [0.05, 0.1) is 19.8 Å². The van der Waals surface area contributed by atoms with Crippen LogP contribution < -0.4 is 15.0 Å². The molecule has 174 valence electrons. The average Bonchev–Trinajstić information content (AvgIpc) is 3.56. The van der Waals surface area contributed by atoms with Crippen molar-refractivity contribution >= 4 is 28.8 Å². The summed E-state index contributed by atoms with van der Waals surface area (Å²) in [6, 6.07) is 21.4. The van der Waals surface area contributed by atoms with Crippen LogP contribution in [0.2, 0.25) is 0 Å². The summed E-state index contributed by atoms with van der Waals surface area (Å²) in [6.07, 6.45) is 1.70. The van der Waals surface area contributed by atoms with Crippen molar-refractivity contribution in [3.05, 3.63) is 106 Å². The Balaban J connectivity index is 1.65. The molecule has 1 atom stereocenters. The van der Waals surface area contributed by atoms with Crippen LogP contribution in [-0.2, 0) is 22.6 Å². The third-order valence-corrected chi connectivity index (χ3v) is 6.28. The summed E-state index contributed by atoms with van der Waals surface area (Å²) in [7, 11) is 1.61. The molecule has 6 nitrogen and oxygen atoms in total. The quantitative estimate of drug-likeness (QED) is 0.358. The maximum absolute atomic E-state index is 13.6. The third kappa shape index (κ3) is 5.55. The lowest BCUT2D eigenvalue weighted by atomic mass is 10.1. The first-order valence-corrected chi connectivity index (χ1v) is 11.8. The molecule has 0 saturated heterocycles. The number of anilines is 1. The van der Waals surface area contributed by atoms with Gasteiger partial charge in [-0.3, -0.25) is 14.5 Å². The van der Waals surface area contributed by atoms with Gasteiger partial charge in [-0.2, -0.15) is 0 Å². The van der Waals surface area contributed by atoms with Crippen LogP contribution >= 0.6 is 11.3 Å². The van der Waals surface area contributed by atoms with Gasteiger partial charge < -0.3 is 14.5 Å². The predicted octanol–water partition coefficient (Wildman–Crippen LogP) is 5.29. The normalized spacial score (nSPS) is 11.6. The highest BCUT2D eigenvalue weighted by Gasteiger charge is 2.34. The lowest BCUT2D eigenvalue weighted by Crippen LogP contribution is -2.44. The highest BCUT2D eigenvalue weighted by molar-refractivity contribution is 7.10. The average molecular weight is 475 g/mol. The third-order valence-electron chi connectivity index (χ3n) is 5.40. The Morgan fingerprint density at radius 1 is 1.06 bits per heavy atom. The molecule has 2 heterocycles. The minimum atomic E-state index is -0.956. The summed E-state index contributed by atoms with van der Waals surface area (Å²) in [5.74, 6) is 0.627. The minimum Gasteiger partial charge on any atom is -0.497 e. The van der Waals surface area contributed by atoms with Crippen molar-refractivity contribution < 1.29 is 18.7 Å². The van der Waals surface area contributed by atoms with E-state index in [9.17, 15) is 9.59 Å². The molecule has 0 radical (unpaired) electrons. The van der Waals surface area contributed by atoms with Crippen molar-refractivity contribution in [2.45, 2.75) is 25.9 Å². The van der Waals surface area contributed by atoms with E-state index in [1.54, 1.807) is 19.2 Å². The number of carbonyl (C=O) groups excluding carboxylic acids is 2. The molecule has 0 unspecified atom stereocenters. The number of thiophene rings is 1. The molecule has 2 amide bonds. The number of benzene rings is 2. The van der Waals surface area contributed by atoms with E-state index in [1.165, 1.54) is 22.5 Å². The smallest absolute Gasteiger partial charge is 0.251 e. The molecule has 0 saturated carbocycles. The van der Waals surface area contributed by atoms with Gasteiger partial charge in [0.2, 0.25) is 5.91 Å². The summed E-state index contributed by atoms with van der Waals surface area (Å²) < 4.78 is 10.8. The van der Waals surface area contributed by atoms with Gasteiger partial charge >= 0.3 is 0 Å². The summed E-state index contributed by atoms with van der Waals surface area (Å²) in [5, 5.41) is 4.91. The van der Waals surface area contributed by atoms with Crippen LogP contribution in [0.15, 0.2) is 88.9 Å². The van der Waals surface area contributed by atoms with Crippen molar-refractivity contribution in [2.24, 2.45) is 0 Å². The molecular weight excluding hydrogens is 448 g/mol. The second-order valence-corrected chi connectivity index (χ2v) is 8.87. The molecule has 0 aliphatic heterocycles. The van der Waals surface area contributed by atoms with E-state index >= 15 is 0 Å². The van der Waals surface area contributed by atoms with E-state index in [1.807, 2.05) is 73.0 Å². The number of carbonyl (C=O) groups is 2. The molecule has 2 aromatic heterocycles. The van der Waals surface area contributed by atoms with Crippen molar-refractivity contribution in [1.82, 2.24) is 5.32 Å². The van der Waals surface area contributed by atoms with Crippen LogP contribution in [0.1, 0.15) is 27.8 Å². The topological polar surface area (TPSA) is 71.8 Å². The van der Waals surface area contributed by atoms with Crippen molar-refractivity contribution in [1.29, 1.82) is 0 Å².